The van der Waals surface area contributed by atoms with Gasteiger partial charge < -0.3 is 0 Å². The molecule has 0 unspecified atom stereocenters. The zero-order chi connectivity index (χ0) is 13.8. The summed E-state index contributed by atoms with van der Waals surface area (Å²) in [5.41, 5.74) is -1.00. The van der Waals surface area contributed by atoms with Crippen LogP contribution in [0.5, 0.6) is 0 Å². The minimum atomic E-state index is -4.59. The number of hydrogen-bond donors (Lipinski definition) is 0. The van der Waals surface area contributed by atoms with E-state index in [1.165, 1.54) is 24.3 Å². The van der Waals surface area contributed by atoms with Crippen molar-refractivity contribution in [3.8, 4) is 6.07 Å². The Hall–Kier alpha value is -2.09. The minimum absolute atomic E-state index is 0.416. The fraction of sp³-hybridized carbons (Fsp3) is 0.154. The van der Waals surface area contributed by atoms with Gasteiger partial charge in [-0.2, -0.15) is 18.4 Å². The Kier molecular flexibility index (Phi) is 4.27. The van der Waals surface area contributed by atoms with E-state index >= 15 is 0 Å². The van der Waals surface area contributed by atoms with Crippen LogP contribution in [0.2, 0.25) is 0 Å². The van der Waals surface area contributed by atoms with E-state index in [2.05, 4.69) is 0 Å². The third kappa shape index (κ3) is 3.74. The second-order valence-electron chi connectivity index (χ2n) is 3.53. The van der Waals surface area contributed by atoms with Gasteiger partial charge in [0.25, 0.3) is 0 Å². The molecule has 0 bridgehead atoms. The normalized spacial score (nSPS) is 13.3. The van der Waals surface area contributed by atoms with Crippen molar-refractivity contribution in [2.45, 2.75) is 13.1 Å². The van der Waals surface area contributed by atoms with E-state index in [-0.39, 0.29) is 0 Å². The van der Waals surface area contributed by atoms with Gasteiger partial charge in [0, 0.05) is 5.57 Å². The van der Waals surface area contributed by atoms with Crippen LogP contribution in [-0.4, -0.2) is 6.18 Å². The molecule has 94 valence electrons. The van der Waals surface area contributed by atoms with Crippen LogP contribution in [-0.2, 0) is 0 Å². The third-order valence-corrected chi connectivity index (χ3v) is 2.19. The Labute approximate surface area is 102 Å². The molecule has 18 heavy (non-hydrogen) atoms. The highest BCUT2D eigenvalue weighted by atomic mass is 19.4. The summed E-state index contributed by atoms with van der Waals surface area (Å²) < 4.78 is 50.4. The number of benzene rings is 1. The van der Waals surface area contributed by atoms with Gasteiger partial charge in [-0.15, -0.1) is 0 Å². The summed E-state index contributed by atoms with van der Waals surface area (Å²) in [4.78, 5) is 0. The summed E-state index contributed by atoms with van der Waals surface area (Å²) in [6.45, 7) is 1.10. The first-order chi connectivity index (χ1) is 8.34. The second kappa shape index (κ2) is 5.50. The highest BCUT2D eigenvalue weighted by Crippen LogP contribution is 2.29. The summed E-state index contributed by atoms with van der Waals surface area (Å²) in [6, 6.07) is 6.46. The van der Waals surface area contributed by atoms with Crippen LogP contribution in [0, 0.1) is 17.1 Å². The highest BCUT2D eigenvalue weighted by molar-refractivity contribution is 5.55. The van der Waals surface area contributed by atoms with E-state index in [1.54, 1.807) is 0 Å². The Morgan fingerprint density at radius 3 is 2.22 bits per heavy atom. The van der Waals surface area contributed by atoms with Crippen LogP contribution in [0.3, 0.4) is 0 Å². The molecule has 1 rings (SSSR count). The average molecular weight is 255 g/mol. The number of nitrogens with zero attached hydrogens (tertiary/aromatic N) is 1. The zero-order valence-electron chi connectivity index (χ0n) is 9.42. The number of allylic oxidation sites excluding steroid dienone is 3. The first-order valence-corrected chi connectivity index (χ1v) is 4.96. The monoisotopic (exact) mass is 255 g/mol. The fourth-order valence-corrected chi connectivity index (χ4v) is 1.25. The lowest BCUT2D eigenvalue weighted by Crippen LogP contribution is -2.11. The van der Waals surface area contributed by atoms with Gasteiger partial charge in [-0.3, -0.25) is 0 Å². The van der Waals surface area contributed by atoms with E-state index < -0.39 is 23.1 Å². The zero-order valence-corrected chi connectivity index (χ0v) is 9.42. The second-order valence-corrected chi connectivity index (χ2v) is 3.53. The van der Waals surface area contributed by atoms with Crippen molar-refractivity contribution in [3.63, 3.8) is 0 Å². The molecule has 0 amide bonds. The fourth-order valence-electron chi connectivity index (χ4n) is 1.25. The molecule has 0 radical (unpaired) electrons. The summed E-state index contributed by atoms with van der Waals surface area (Å²) in [5.74, 6) is -0.466. The lowest BCUT2D eigenvalue weighted by Gasteiger charge is -2.08. The maximum Gasteiger partial charge on any atom is 0.417 e. The van der Waals surface area contributed by atoms with E-state index in [0.29, 0.717) is 5.56 Å². The van der Waals surface area contributed by atoms with Crippen molar-refractivity contribution < 1.29 is 17.6 Å². The van der Waals surface area contributed by atoms with Gasteiger partial charge in [-0.05, 0) is 30.7 Å². The molecule has 0 atom stereocenters. The Morgan fingerprint density at radius 1 is 1.22 bits per heavy atom. The molecule has 0 heterocycles. The van der Waals surface area contributed by atoms with Crippen LogP contribution < -0.4 is 0 Å². The van der Waals surface area contributed by atoms with Gasteiger partial charge in [0.15, 0.2) is 0 Å². The molecule has 1 aromatic rings. The van der Waals surface area contributed by atoms with Gasteiger partial charge >= 0.3 is 6.18 Å². The van der Waals surface area contributed by atoms with Crippen molar-refractivity contribution in [1.82, 2.24) is 0 Å². The first-order valence-electron chi connectivity index (χ1n) is 4.96. The Morgan fingerprint density at radius 2 is 1.78 bits per heavy atom. The van der Waals surface area contributed by atoms with Crippen molar-refractivity contribution in [1.29, 1.82) is 5.26 Å². The molecule has 5 heteroatoms. The Balaban J connectivity index is 3.07. The lowest BCUT2D eigenvalue weighted by molar-refractivity contribution is -0.0886. The van der Waals surface area contributed by atoms with Crippen molar-refractivity contribution >= 4 is 6.08 Å². The third-order valence-electron chi connectivity index (χ3n) is 2.19. The molecule has 0 aliphatic heterocycles. The van der Waals surface area contributed by atoms with Crippen LogP contribution in [0.1, 0.15) is 12.5 Å². The predicted molar refractivity (Wildman–Crippen MR) is 59.8 cm³/mol. The molecule has 0 N–H and O–H groups in total. The number of rotatable bonds is 2. The molecular weight excluding hydrogens is 246 g/mol. The molecule has 1 aromatic carbocycles. The van der Waals surface area contributed by atoms with E-state index in [1.807, 2.05) is 0 Å². The average Bonchev–Trinajstić information content (AvgIpc) is 2.29. The molecule has 0 saturated carbocycles. The van der Waals surface area contributed by atoms with E-state index in [4.69, 9.17) is 5.26 Å². The van der Waals surface area contributed by atoms with Gasteiger partial charge in [0.1, 0.15) is 5.82 Å². The standard InChI is InChI=1S/C13H9F4N/c1-9(8-18)12(13(15,16)17)7-4-10-2-5-11(14)6-3-10/h2-7H,1H3/b7-4+,12-9-. The van der Waals surface area contributed by atoms with Crippen molar-refractivity contribution in [2.24, 2.45) is 0 Å². The summed E-state index contributed by atoms with van der Waals surface area (Å²) in [7, 11) is 0. The number of alkyl halides is 3. The highest BCUT2D eigenvalue weighted by Gasteiger charge is 2.33. The van der Waals surface area contributed by atoms with Gasteiger partial charge in [0.05, 0.1) is 11.6 Å². The number of nitriles is 1. The van der Waals surface area contributed by atoms with Gasteiger partial charge in [-0.1, -0.05) is 18.2 Å². The summed E-state index contributed by atoms with van der Waals surface area (Å²) in [6.07, 6.45) is -2.59. The van der Waals surface area contributed by atoms with Crippen LogP contribution in [0.15, 0.2) is 41.5 Å². The quantitative estimate of drug-likeness (QED) is 0.440. The van der Waals surface area contributed by atoms with Crippen LogP contribution in [0.25, 0.3) is 6.08 Å². The van der Waals surface area contributed by atoms with Gasteiger partial charge in [-0.25, -0.2) is 4.39 Å². The Bertz CT molecular complexity index is 515. The minimum Gasteiger partial charge on any atom is -0.207 e. The molecule has 0 saturated heterocycles. The molecule has 0 spiro atoms. The van der Waals surface area contributed by atoms with Crippen LogP contribution in [0.4, 0.5) is 17.6 Å². The number of halogens is 4. The number of hydrogen-bond acceptors (Lipinski definition) is 1. The predicted octanol–water partition coefficient (Wildman–Crippen LogP) is 4.24. The largest absolute Gasteiger partial charge is 0.417 e. The summed E-state index contributed by atoms with van der Waals surface area (Å²) >= 11 is 0. The van der Waals surface area contributed by atoms with Gasteiger partial charge in [0.2, 0.25) is 0 Å². The topological polar surface area (TPSA) is 23.8 Å². The van der Waals surface area contributed by atoms with E-state index in [9.17, 15) is 17.6 Å². The molecule has 0 aliphatic rings. The maximum absolute atomic E-state index is 12.6. The first kappa shape index (κ1) is 14.0. The van der Waals surface area contributed by atoms with E-state index in [0.717, 1.165) is 25.1 Å². The molecule has 1 nitrogen and oxygen atoms in total. The SMILES string of the molecule is C/C(C#N)=C(\C=C\c1ccc(F)cc1)C(F)(F)F. The molecule has 0 aliphatic carbocycles. The maximum atomic E-state index is 12.6. The van der Waals surface area contributed by atoms with Crippen molar-refractivity contribution in [3.05, 3.63) is 52.9 Å². The molecule has 0 fully saturated rings. The summed E-state index contributed by atoms with van der Waals surface area (Å²) in [5, 5.41) is 8.51. The molecule has 0 aromatic heterocycles. The van der Waals surface area contributed by atoms with Crippen molar-refractivity contribution in [2.75, 3.05) is 0 Å². The molecular formula is C13H9F4N. The smallest absolute Gasteiger partial charge is 0.207 e. The lowest BCUT2D eigenvalue weighted by atomic mass is 10.1. The van der Waals surface area contributed by atoms with Crippen LogP contribution >= 0.6 is 0 Å².